The average molecular weight is 777 g/mol. The molecule has 2 aromatic heterocycles. The summed E-state index contributed by atoms with van der Waals surface area (Å²) in [4.78, 5) is 61.6. The number of carbonyl (C=O) groups is 4. The van der Waals surface area contributed by atoms with E-state index >= 15 is 0 Å². The highest BCUT2D eigenvalue weighted by molar-refractivity contribution is 7.91. The first kappa shape index (κ1) is 36.5. The van der Waals surface area contributed by atoms with E-state index in [1.807, 2.05) is 12.2 Å². The summed E-state index contributed by atoms with van der Waals surface area (Å²) < 4.78 is 67.9. The molecule has 1 saturated heterocycles. The van der Waals surface area contributed by atoms with E-state index in [1.54, 1.807) is 0 Å². The Hall–Kier alpha value is -5.45. The third-order valence-corrected chi connectivity index (χ3v) is 12.6. The largest absolute Gasteiger partial charge is 0.472 e. The molecule has 4 amide bonds. The maximum absolute atomic E-state index is 14.5. The summed E-state index contributed by atoms with van der Waals surface area (Å²) in [6.45, 7) is -0.155. The summed E-state index contributed by atoms with van der Waals surface area (Å²) in [7, 11) is -3.94. The molecule has 2 aliphatic carbocycles. The van der Waals surface area contributed by atoms with Crippen molar-refractivity contribution in [2.24, 2.45) is 5.92 Å². The fourth-order valence-corrected chi connectivity index (χ4v) is 8.94. The highest BCUT2D eigenvalue weighted by Crippen LogP contribution is 2.46. The number of hydrogen-bond donors (Lipinski definition) is 3. The van der Waals surface area contributed by atoms with Gasteiger partial charge in [0.2, 0.25) is 27.7 Å². The lowest BCUT2D eigenvalue weighted by molar-refractivity contribution is -0.141. The monoisotopic (exact) mass is 776 g/mol. The van der Waals surface area contributed by atoms with Crippen LogP contribution in [0.4, 0.5) is 8.78 Å². The quantitative estimate of drug-likeness (QED) is 0.184. The third kappa shape index (κ3) is 7.36. The molecule has 3 fully saturated rings. The molecule has 0 spiro atoms. The van der Waals surface area contributed by atoms with Crippen LogP contribution in [0.15, 0.2) is 65.4 Å². The van der Waals surface area contributed by atoms with E-state index in [9.17, 15) is 36.4 Å². The molecule has 17 heteroatoms. The number of benzene rings is 2. The third-order valence-electron chi connectivity index (χ3n) is 10.8. The lowest BCUT2D eigenvalue weighted by Crippen LogP contribution is -2.58. The smallest absolute Gasteiger partial charge is 0.274 e. The van der Waals surface area contributed by atoms with Crippen molar-refractivity contribution in [1.82, 2.24) is 30.4 Å². The molecular formula is C38H38F2N6O8S. The molecule has 2 saturated carbocycles. The molecule has 2 aliphatic heterocycles. The molecule has 0 radical (unpaired) electrons. The Morgan fingerprint density at radius 2 is 1.76 bits per heavy atom. The minimum atomic E-state index is -3.94. The van der Waals surface area contributed by atoms with Crippen LogP contribution in [0.2, 0.25) is 0 Å². The van der Waals surface area contributed by atoms with E-state index in [0.717, 1.165) is 6.42 Å². The number of aromatic nitrogens is 2. The summed E-state index contributed by atoms with van der Waals surface area (Å²) in [5, 5.41) is 9.88. The Bertz CT molecular complexity index is 2340. The number of halogens is 2. The molecular weight excluding hydrogens is 739 g/mol. The Kier molecular flexibility index (Phi) is 9.51. The van der Waals surface area contributed by atoms with Crippen molar-refractivity contribution in [1.29, 1.82) is 0 Å². The lowest BCUT2D eigenvalue weighted by Gasteiger charge is -2.29. The number of hydrogen-bond acceptors (Lipinski definition) is 10. The molecule has 55 heavy (non-hydrogen) atoms. The number of fused-ring (bicyclic) bond motifs is 5. The van der Waals surface area contributed by atoms with Crippen molar-refractivity contribution in [2.75, 3.05) is 6.54 Å². The molecule has 2 aromatic carbocycles. The predicted molar refractivity (Wildman–Crippen MR) is 193 cm³/mol. The van der Waals surface area contributed by atoms with Gasteiger partial charge in [0.15, 0.2) is 5.69 Å². The maximum Gasteiger partial charge on any atom is 0.274 e. The Morgan fingerprint density at radius 3 is 2.53 bits per heavy atom. The van der Waals surface area contributed by atoms with Gasteiger partial charge in [-0.1, -0.05) is 30.2 Å². The number of ether oxygens (including phenoxy) is 1. The zero-order valence-corrected chi connectivity index (χ0v) is 30.3. The minimum Gasteiger partial charge on any atom is -0.472 e. The van der Waals surface area contributed by atoms with Gasteiger partial charge in [-0.25, -0.2) is 22.2 Å². The van der Waals surface area contributed by atoms with E-state index in [4.69, 9.17) is 9.26 Å². The first-order valence-corrected chi connectivity index (χ1v) is 19.9. The zero-order valence-electron chi connectivity index (χ0n) is 29.5. The summed E-state index contributed by atoms with van der Waals surface area (Å²) in [6, 6.07) is 6.98. The molecule has 4 aromatic rings. The van der Waals surface area contributed by atoms with Crippen LogP contribution >= 0.6 is 0 Å². The second-order valence-electron chi connectivity index (χ2n) is 14.7. The molecule has 5 atom stereocenters. The number of amides is 4. The fourth-order valence-electron chi connectivity index (χ4n) is 7.58. The van der Waals surface area contributed by atoms with Crippen molar-refractivity contribution in [3.8, 4) is 5.88 Å². The molecule has 288 valence electrons. The van der Waals surface area contributed by atoms with Gasteiger partial charge in [0, 0.05) is 35.2 Å². The van der Waals surface area contributed by atoms with Gasteiger partial charge in [-0.3, -0.25) is 23.9 Å². The normalized spacial score (nSPS) is 26.6. The number of sulfonamides is 1. The lowest BCUT2D eigenvalue weighted by atomic mass is 10.0. The summed E-state index contributed by atoms with van der Waals surface area (Å²) >= 11 is 0. The summed E-state index contributed by atoms with van der Waals surface area (Å²) in [5.41, 5.74) is -1.41. The molecule has 8 rings (SSSR count). The van der Waals surface area contributed by atoms with Gasteiger partial charge in [0.1, 0.15) is 41.6 Å². The first-order valence-electron chi connectivity index (χ1n) is 18.3. The van der Waals surface area contributed by atoms with Crippen molar-refractivity contribution in [2.45, 2.75) is 86.8 Å². The van der Waals surface area contributed by atoms with Gasteiger partial charge in [-0.2, -0.15) is 0 Å². The van der Waals surface area contributed by atoms with Crippen LogP contribution in [-0.2, 0) is 24.4 Å². The second-order valence-corrected chi connectivity index (χ2v) is 16.6. The van der Waals surface area contributed by atoms with Crippen LogP contribution in [0.1, 0.15) is 68.3 Å². The van der Waals surface area contributed by atoms with Gasteiger partial charge in [0.25, 0.3) is 11.8 Å². The van der Waals surface area contributed by atoms with Gasteiger partial charge in [-0.05, 0) is 74.2 Å². The Labute approximate surface area is 314 Å². The maximum atomic E-state index is 14.5. The Morgan fingerprint density at radius 1 is 0.982 bits per heavy atom. The number of pyridine rings is 1. The first-order chi connectivity index (χ1) is 26.4. The highest BCUT2D eigenvalue weighted by Gasteiger charge is 2.62. The van der Waals surface area contributed by atoms with Crippen LogP contribution in [-0.4, -0.2) is 82.6 Å². The molecule has 4 aliphatic rings. The van der Waals surface area contributed by atoms with Gasteiger partial charge in [-0.15, -0.1) is 0 Å². The second kappa shape index (κ2) is 14.3. The molecule has 3 N–H and O–H groups in total. The van der Waals surface area contributed by atoms with Crippen LogP contribution in [0.3, 0.4) is 0 Å². The number of nitrogens with one attached hydrogen (secondary N) is 3. The van der Waals surface area contributed by atoms with E-state index < -0.39 is 80.2 Å². The number of carbonyl (C=O) groups excluding carboxylic acids is 4. The molecule has 0 bridgehead atoms. The molecule has 14 nitrogen and oxygen atoms in total. The zero-order chi connectivity index (χ0) is 38.5. The number of nitrogens with zero attached hydrogens (tertiary/aromatic N) is 3. The standard InChI is InChI=1S/C38H38F2N6O8S/c39-22-9-13-27-28(16-22)26-12-8-23(40)17-31(26)42-35(27)54-24-18-32-34(48)43-38(37(50)45-55(51,52)25-10-11-25)19-21(38)6-4-2-1-3-5-7-30(36(49)46(32)20-24)41-33(47)29-14-15-53-44-29/h4,6,8-9,12-17,21,24-25,30,32H,1-3,5,7,10-11,18-20H2,(H,41,47)(H,43,48)(H,45,50)/b6-4-/t21-,24-,30+,32+,38-/m1/s1. The van der Waals surface area contributed by atoms with Crippen LogP contribution in [0.5, 0.6) is 5.88 Å². The topological polar surface area (TPSA) is 190 Å². The van der Waals surface area contributed by atoms with E-state index in [0.29, 0.717) is 48.3 Å². The van der Waals surface area contributed by atoms with Crippen LogP contribution in [0.25, 0.3) is 21.7 Å². The minimum absolute atomic E-state index is 0.0260. The molecule has 4 heterocycles. The summed E-state index contributed by atoms with van der Waals surface area (Å²) in [5.74, 6) is -4.36. The number of allylic oxidation sites excluding steroid dienone is 1. The van der Waals surface area contributed by atoms with E-state index in [1.165, 1.54) is 53.6 Å². The van der Waals surface area contributed by atoms with E-state index in [2.05, 4.69) is 25.5 Å². The van der Waals surface area contributed by atoms with Gasteiger partial charge < -0.3 is 24.8 Å². The van der Waals surface area contributed by atoms with Crippen LogP contribution in [0, 0.1) is 17.6 Å². The van der Waals surface area contributed by atoms with Crippen molar-refractivity contribution in [3.05, 3.63) is 78.2 Å². The predicted octanol–water partition coefficient (Wildman–Crippen LogP) is 3.80. The van der Waals surface area contributed by atoms with Gasteiger partial charge in [0.05, 0.1) is 17.3 Å². The Balaban J connectivity index is 1.13. The van der Waals surface area contributed by atoms with Crippen LogP contribution < -0.4 is 20.1 Å². The SMILES string of the molecule is O=C(N[C@H]1CCCCC/C=C\[C@@H]2C[C@@]2(C(=O)NS(=O)(=O)C2CC2)NC(=O)[C@@H]2C[C@@H](Oc3nc4cc(F)ccc4c4cc(F)ccc34)CN2C1=O)c1ccon1. The van der Waals surface area contributed by atoms with Crippen molar-refractivity contribution < 1.29 is 45.6 Å². The van der Waals surface area contributed by atoms with Crippen molar-refractivity contribution in [3.63, 3.8) is 0 Å². The molecule has 0 unspecified atom stereocenters. The van der Waals surface area contributed by atoms with E-state index in [-0.39, 0.29) is 42.9 Å². The number of rotatable bonds is 7. The van der Waals surface area contributed by atoms with Gasteiger partial charge >= 0.3 is 0 Å². The summed E-state index contributed by atoms with van der Waals surface area (Å²) in [6.07, 6.45) is 7.89. The van der Waals surface area contributed by atoms with Crippen molar-refractivity contribution >= 4 is 55.3 Å². The highest BCUT2D eigenvalue weighted by atomic mass is 32.2. The fraction of sp³-hybridized carbons (Fsp3) is 0.421. The average Bonchev–Trinajstić information content (AvgIpc) is 4.01.